The van der Waals surface area contributed by atoms with E-state index in [1.807, 2.05) is 19.1 Å². The molecule has 0 aliphatic heterocycles. The Kier molecular flexibility index (Phi) is 3.71. The van der Waals surface area contributed by atoms with Gasteiger partial charge in [-0.1, -0.05) is 11.2 Å². The summed E-state index contributed by atoms with van der Waals surface area (Å²) < 4.78 is 5.02. The molecule has 0 fully saturated rings. The van der Waals surface area contributed by atoms with Crippen molar-refractivity contribution in [3.63, 3.8) is 0 Å². The average molecular weight is 180 g/mol. The van der Waals surface area contributed by atoms with Crippen molar-refractivity contribution < 1.29 is 4.52 Å². The van der Waals surface area contributed by atoms with E-state index in [9.17, 15) is 0 Å². The van der Waals surface area contributed by atoms with E-state index in [1.165, 1.54) is 0 Å². The van der Waals surface area contributed by atoms with Crippen molar-refractivity contribution in [2.24, 2.45) is 0 Å². The zero-order valence-corrected chi connectivity index (χ0v) is 8.45. The Labute approximate surface area is 79.0 Å². The molecule has 0 amide bonds. The van der Waals surface area contributed by atoms with Crippen LogP contribution in [0.5, 0.6) is 0 Å². The van der Waals surface area contributed by atoms with Gasteiger partial charge in [-0.3, -0.25) is 0 Å². The van der Waals surface area contributed by atoms with E-state index in [1.54, 1.807) is 0 Å². The van der Waals surface area contributed by atoms with E-state index in [0.29, 0.717) is 0 Å². The maximum atomic E-state index is 5.02. The summed E-state index contributed by atoms with van der Waals surface area (Å²) in [7, 11) is 4.12. The lowest BCUT2D eigenvalue weighted by atomic mass is 10.3. The summed E-state index contributed by atoms with van der Waals surface area (Å²) in [6.45, 7) is 2.98. The van der Waals surface area contributed by atoms with Gasteiger partial charge in [0.15, 0.2) is 5.76 Å². The Balaban J connectivity index is 2.32. The van der Waals surface area contributed by atoms with Crippen molar-refractivity contribution in [1.29, 1.82) is 0 Å². The van der Waals surface area contributed by atoms with Crippen molar-refractivity contribution >= 4 is 6.08 Å². The van der Waals surface area contributed by atoms with Gasteiger partial charge in [-0.25, -0.2) is 0 Å². The molecule has 0 spiro atoms. The van der Waals surface area contributed by atoms with Crippen molar-refractivity contribution in [2.75, 3.05) is 20.6 Å². The van der Waals surface area contributed by atoms with Gasteiger partial charge in [-0.2, -0.15) is 0 Å². The third-order valence-electron chi connectivity index (χ3n) is 1.67. The number of hydrogen-bond donors (Lipinski definition) is 0. The fourth-order valence-electron chi connectivity index (χ4n) is 0.994. The van der Waals surface area contributed by atoms with Gasteiger partial charge in [0.05, 0.1) is 5.69 Å². The van der Waals surface area contributed by atoms with E-state index < -0.39 is 0 Å². The van der Waals surface area contributed by atoms with E-state index in [0.717, 1.165) is 24.4 Å². The second-order valence-electron chi connectivity index (χ2n) is 3.36. The predicted molar refractivity (Wildman–Crippen MR) is 53.4 cm³/mol. The number of aromatic nitrogens is 1. The van der Waals surface area contributed by atoms with Crippen LogP contribution < -0.4 is 0 Å². The minimum absolute atomic E-state index is 0.830. The van der Waals surface area contributed by atoms with Crippen LogP contribution in [-0.2, 0) is 0 Å². The van der Waals surface area contributed by atoms with E-state index >= 15 is 0 Å². The fourth-order valence-corrected chi connectivity index (χ4v) is 0.994. The molecule has 1 aromatic rings. The summed E-state index contributed by atoms with van der Waals surface area (Å²) in [6.07, 6.45) is 5.09. The highest BCUT2D eigenvalue weighted by Gasteiger charge is 1.93. The molecule has 0 bridgehead atoms. The first-order valence-corrected chi connectivity index (χ1v) is 4.43. The highest BCUT2D eigenvalue weighted by atomic mass is 16.5. The Hall–Kier alpha value is -1.09. The Morgan fingerprint density at radius 2 is 2.31 bits per heavy atom. The van der Waals surface area contributed by atoms with Crippen LogP contribution in [0.2, 0.25) is 0 Å². The molecule has 0 N–H and O–H groups in total. The van der Waals surface area contributed by atoms with Gasteiger partial charge in [-0.05, 0) is 33.5 Å². The van der Waals surface area contributed by atoms with E-state index in [2.05, 4.69) is 30.2 Å². The molecule has 1 aromatic heterocycles. The average Bonchev–Trinajstić information content (AvgIpc) is 2.45. The fraction of sp³-hybridized carbons (Fsp3) is 0.500. The van der Waals surface area contributed by atoms with Gasteiger partial charge < -0.3 is 9.42 Å². The molecule has 13 heavy (non-hydrogen) atoms. The van der Waals surface area contributed by atoms with Gasteiger partial charge in [0.1, 0.15) is 0 Å². The van der Waals surface area contributed by atoms with Crippen molar-refractivity contribution in [3.05, 3.63) is 23.6 Å². The van der Waals surface area contributed by atoms with Crippen molar-refractivity contribution in [2.45, 2.75) is 13.3 Å². The van der Waals surface area contributed by atoms with Crippen LogP contribution in [0.25, 0.3) is 6.08 Å². The minimum Gasteiger partial charge on any atom is -0.357 e. The van der Waals surface area contributed by atoms with Gasteiger partial charge in [0.25, 0.3) is 0 Å². The first-order chi connectivity index (χ1) is 6.18. The van der Waals surface area contributed by atoms with E-state index in [-0.39, 0.29) is 0 Å². The standard InChI is InChI=1S/C10H16N2O/c1-9-8-10(13-11-9)6-4-5-7-12(2)3/h4,6,8H,5,7H2,1-3H3/b6-4+. The number of aryl methyl sites for hydroxylation is 1. The summed E-state index contributed by atoms with van der Waals surface area (Å²) in [4.78, 5) is 2.15. The maximum absolute atomic E-state index is 5.02. The largest absolute Gasteiger partial charge is 0.357 e. The third-order valence-corrected chi connectivity index (χ3v) is 1.67. The lowest BCUT2D eigenvalue weighted by Gasteiger charge is -2.05. The topological polar surface area (TPSA) is 29.3 Å². The lowest BCUT2D eigenvalue weighted by molar-refractivity contribution is 0.407. The quantitative estimate of drug-likeness (QED) is 0.709. The molecule has 0 radical (unpaired) electrons. The summed E-state index contributed by atoms with van der Waals surface area (Å²) in [5.74, 6) is 0.830. The number of hydrogen-bond acceptors (Lipinski definition) is 3. The molecule has 1 rings (SSSR count). The van der Waals surface area contributed by atoms with Crippen molar-refractivity contribution in [3.8, 4) is 0 Å². The normalized spacial score (nSPS) is 11.7. The number of nitrogens with zero attached hydrogens (tertiary/aromatic N) is 2. The Morgan fingerprint density at radius 1 is 1.54 bits per heavy atom. The van der Waals surface area contributed by atoms with Crippen LogP contribution in [-0.4, -0.2) is 30.7 Å². The molecular weight excluding hydrogens is 164 g/mol. The molecule has 72 valence electrons. The van der Waals surface area contributed by atoms with Crippen LogP contribution in [0.3, 0.4) is 0 Å². The smallest absolute Gasteiger partial charge is 0.159 e. The maximum Gasteiger partial charge on any atom is 0.159 e. The molecule has 3 heteroatoms. The molecule has 0 unspecified atom stereocenters. The van der Waals surface area contributed by atoms with Crippen LogP contribution in [0.15, 0.2) is 16.7 Å². The lowest BCUT2D eigenvalue weighted by Crippen LogP contribution is -2.11. The van der Waals surface area contributed by atoms with Crippen LogP contribution >= 0.6 is 0 Å². The van der Waals surface area contributed by atoms with Crippen LogP contribution in [0, 0.1) is 6.92 Å². The summed E-state index contributed by atoms with van der Waals surface area (Å²) >= 11 is 0. The third kappa shape index (κ3) is 3.90. The predicted octanol–water partition coefficient (Wildman–Crippen LogP) is 1.95. The molecular formula is C10H16N2O. The van der Waals surface area contributed by atoms with E-state index in [4.69, 9.17) is 4.52 Å². The van der Waals surface area contributed by atoms with Gasteiger partial charge in [0, 0.05) is 12.6 Å². The summed E-state index contributed by atoms with van der Waals surface area (Å²) in [5.41, 5.74) is 0.923. The molecule has 0 aliphatic carbocycles. The second-order valence-corrected chi connectivity index (χ2v) is 3.36. The second kappa shape index (κ2) is 4.82. The Morgan fingerprint density at radius 3 is 2.85 bits per heavy atom. The molecule has 0 aromatic carbocycles. The van der Waals surface area contributed by atoms with Gasteiger partial charge in [0.2, 0.25) is 0 Å². The van der Waals surface area contributed by atoms with Gasteiger partial charge in [-0.15, -0.1) is 0 Å². The molecule has 0 aliphatic rings. The van der Waals surface area contributed by atoms with Gasteiger partial charge >= 0.3 is 0 Å². The summed E-state index contributed by atoms with van der Waals surface area (Å²) in [5, 5.41) is 3.79. The molecule has 0 saturated carbocycles. The van der Waals surface area contributed by atoms with Crippen LogP contribution in [0.1, 0.15) is 17.9 Å². The molecule has 0 atom stereocenters. The summed E-state index contributed by atoms with van der Waals surface area (Å²) in [6, 6.07) is 1.92. The Bertz CT molecular complexity index is 276. The first kappa shape index (κ1) is 9.99. The highest BCUT2D eigenvalue weighted by Crippen LogP contribution is 2.04. The zero-order valence-electron chi connectivity index (χ0n) is 8.45. The van der Waals surface area contributed by atoms with Crippen LogP contribution in [0.4, 0.5) is 0 Å². The molecule has 0 saturated heterocycles. The monoisotopic (exact) mass is 180 g/mol. The minimum atomic E-state index is 0.830. The zero-order chi connectivity index (χ0) is 9.68. The molecule has 1 heterocycles. The highest BCUT2D eigenvalue weighted by molar-refractivity contribution is 5.42. The first-order valence-electron chi connectivity index (χ1n) is 4.43. The molecule has 3 nitrogen and oxygen atoms in total. The van der Waals surface area contributed by atoms with Crippen molar-refractivity contribution in [1.82, 2.24) is 10.1 Å². The number of rotatable bonds is 4. The SMILES string of the molecule is Cc1cc(/C=C/CCN(C)C)on1.